The molecule has 0 amide bonds. The van der Waals surface area contributed by atoms with Crippen LogP contribution in [0.25, 0.3) is 0 Å². The van der Waals surface area contributed by atoms with Gasteiger partial charge in [-0.05, 0) is 44.9 Å². The monoisotopic (exact) mass is 461 g/mol. The largest absolute Gasteiger partial charge is 0.472 e. The highest BCUT2D eigenvalue weighted by molar-refractivity contribution is 6.31. The first-order valence-electron chi connectivity index (χ1n) is 10.7. The maximum absolute atomic E-state index is 12.5. The summed E-state index contributed by atoms with van der Waals surface area (Å²) in [7, 11) is 0. The van der Waals surface area contributed by atoms with E-state index >= 15 is 0 Å². The summed E-state index contributed by atoms with van der Waals surface area (Å²) in [6.07, 6.45) is 0.834. The average molecular weight is 462 g/mol. The Balaban J connectivity index is 1.72. The van der Waals surface area contributed by atoms with E-state index < -0.39 is 11.6 Å². The fourth-order valence-electron chi connectivity index (χ4n) is 4.02. The van der Waals surface area contributed by atoms with Crippen LogP contribution in [-0.2, 0) is 14.3 Å². The topological polar surface area (TPSA) is 112 Å². The number of aromatic nitrogens is 2. The Hall–Kier alpha value is -2.78. The minimum atomic E-state index is -1.13. The zero-order valence-corrected chi connectivity index (χ0v) is 19.2. The highest BCUT2D eigenvalue weighted by atomic mass is 35.5. The number of hydrogen-bond donors (Lipinski definition) is 2. The van der Waals surface area contributed by atoms with E-state index in [9.17, 15) is 4.79 Å². The van der Waals surface area contributed by atoms with E-state index in [1.54, 1.807) is 13.8 Å². The molecule has 3 heterocycles. The molecule has 0 saturated carbocycles. The Morgan fingerprint density at radius 2 is 2.22 bits per heavy atom. The molecule has 2 aliphatic rings. The Bertz CT molecular complexity index is 1000. The van der Waals surface area contributed by atoms with Gasteiger partial charge in [0.1, 0.15) is 11.6 Å². The van der Waals surface area contributed by atoms with Crippen molar-refractivity contribution in [2.75, 3.05) is 48.9 Å². The van der Waals surface area contributed by atoms with Gasteiger partial charge in [0.15, 0.2) is 0 Å². The molecule has 1 aromatic carbocycles. The van der Waals surface area contributed by atoms with Gasteiger partial charge in [-0.3, -0.25) is 0 Å². The van der Waals surface area contributed by atoms with Crippen molar-refractivity contribution in [3.63, 3.8) is 0 Å². The normalized spacial score (nSPS) is 22.9. The molecule has 4 rings (SSSR count). The Morgan fingerprint density at radius 3 is 2.97 bits per heavy atom. The van der Waals surface area contributed by atoms with Crippen molar-refractivity contribution in [2.45, 2.75) is 38.8 Å². The number of nitrogens with zero attached hydrogens (tertiary/aromatic N) is 3. The molecule has 172 valence electrons. The number of carbonyl (C=O) groups is 1. The molecule has 32 heavy (non-hydrogen) atoms. The van der Waals surface area contributed by atoms with E-state index in [0.29, 0.717) is 30.5 Å². The third-order valence-corrected chi connectivity index (χ3v) is 5.94. The smallest absolute Gasteiger partial charge is 0.352 e. The fraction of sp³-hybridized carbons (Fsp3) is 0.500. The van der Waals surface area contributed by atoms with Gasteiger partial charge >= 0.3 is 5.97 Å². The number of nitrogen functional groups attached to an aromatic ring is 1. The van der Waals surface area contributed by atoms with Gasteiger partial charge in [-0.1, -0.05) is 11.6 Å². The fourth-order valence-corrected chi connectivity index (χ4v) is 4.31. The van der Waals surface area contributed by atoms with Gasteiger partial charge in [-0.25, -0.2) is 9.78 Å². The van der Waals surface area contributed by atoms with Gasteiger partial charge in [0, 0.05) is 29.9 Å². The molecular formula is C22H28ClN5O4. The summed E-state index contributed by atoms with van der Waals surface area (Å²) >= 11 is 6.72. The van der Waals surface area contributed by atoms with Crippen LogP contribution >= 0.6 is 11.6 Å². The third-order valence-electron chi connectivity index (χ3n) is 5.61. The number of ether oxygens (including phenoxy) is 3. The number of nitrogens with two attached hydrogens (primary N) is 1. The van der Waals surface area contributed by atoms with Crippen molar-refractivity contribution in [1.82, 2.24) is 9.97 Å². The van der Waals surface area contributed by atoms with Crippen LogP contribution in [0.1, 0.15) is 37.6 Å². The summed E-state index contributed by atoms with van der Waals surface area (Å²) in [5.41, 5.74) is 7.11. The highest BCUT2D eigenvalue weighted by Crippen LogP contribution is 2.42. The van der Waals surface area contributed by atoms with Gasteiger partial charge in [-0.15, -0.1) is 0 Å². The number of halogens is 1. The van der Waals surface area contributed by atoms with E-state index in [1.165, 1.54) is 0 Å². The van der Waals surface area contributed by atoms with E-state index in [0.717, 1.165) is 29.2 Å². The number of fused-ring (bicyclic) bond motifs is 1. The molecule has 0 spiro atoms. The standard InChI is InChI=1S/C22H28ClN5O4/c1-4-31-20(29)22(3)12-25-16-10-15(23)14(9-18(16)32-22)17-11-30-7-5-6-28(17)19-8-13(2)26-21(24)27-19/h8-10,17,25H,4-7,11-12H2,1-3H3,(H2,24,26,27)/t17-,22+/m0/s1. The van der Waals surface area contributed by atoms with Crippen LogP contribution in [0.3, 0.4) is 0 Å². The second kappa shape index (κ2) is 8.99. The minimum Gasteiger partial charge on any atom is -0.472 e. The molecule has 0 radical (unpaired) electrons. The number of anilines is 3. The zero-order chi connectivity index (χ0) is 22.9. The summed E-state index contributed by atoms with van der Waals surface area (Å²) in [5, 5.41) is 3.81. The first kappa shape index (κ1) is 22.4. The van der Waals surface area contributed by atoms with E-state index in [1.807, 2.05) is 25.1 Å². The van der Waals surface area contributed by atoms with Crippen LogP contribution < -0.4 is 20.7 Å². The SMILES string of the molecule is CCOC(=O)[C@@]1(C)CNc2cc(Cl)c([C@@H]3COCCCN3c3cc(C)nc(N)n3)cc2O1. The van der Waals surface area contributed by atoms with Crippen LogP contribution in [0.4, 0.5) is 17.5 Å². The van der Waals surface area contributed by atoms with Gasteiger partial charge in [0.2, 0.25) is 11.5 Å². The minimum absolute atomic E-state index is 0.219. The summed E-state index contributed by atoms with van der Waals surface area (Å²) in [4.78, 5) is 23.2. The number of rotatable bonds is 4. The molecule has 2 aliphatic heterocycles. The number of hydrogen-bond acceptors (Lipinski definition) is 9. The van der Waals surface area contributed by atoms with Crippen molar-refractivity contribution in [3.05, 3.63) is 34.5 Å². The Kier molecular flexibility index (Phi) is 6.30. The summed E-state index contributed by atoms with van der Waals surface area (Å²) in [5.74, 6) is 1.06. The molecule has 3 N–H and O–H groups in total. The lowest BCUT2D eigenvalue weighted by molar-refractivity contribution is -0.159. The molecule has 10 heteroatoms. The van der Waals surface area contributed by atoms with E-state index in [-0.39, 0.29) is 25.1 Å². The Morgan fingerprint density at radius 1 is 1.41 bits per heavy atom. The molecule has 1 fully saturated rings. The molecule has 2 aromatic rings. The van der Waals surface area contributed by atoms with Crippen LogP contribution in [0.5, 0.6) is 5.75 Å². The van der Waals surface area contributed by atoms with Crippen molar-refractivity contribution in [2.24, 2.45) is 0 Å². The summed E-state index contributed by atoms with van der Waals surface area (Å²) < 4.78 is 17.2. The molecular weight excluding hydrogens is 434 g/mol. The van der Waals surface area contributed by atoms with E-state index in [2.05, 4.69) is 20.2 Å². The van der Waals surface area contributed by atoms with Crippen LogP contribution in [0, 0.1) is 6.92 Å². The lowest BCUT2D eigenvalue weighted by Crippen LogP contribution is -2.51. The van der Waals surface area contributed by atoms with Crippen LogP contribution in [-0.4, -0.2) is 54.4 Å². The van der Waals surface area contributed by atoms with Crippen molar-refractivity contribution >= 4 is 35.0 Å². The highest BCUT2D eigenvalue weighted by Gasteiger charge is 2.41. The van der Waals surface area contributed by atoms with Crippen LogP contribution in [0.2, 0.25) is 5.02 Å². The third kappa shape index (κ3) is 4.40. The molecule has 1 aromatic heterocycles. The Labute approximate surface area is 192 Å². The number of benzene rings is 1. The molecule has 0 unspecified atom stereocenters. The van der Waals surface area contributed by atoms with Crippen molar-refractivity contribution in [1.29, 1.82) is 0 Å². The van der Waals surface area contributed by atoms with Gasteiger partial charge in [0.05, 0.1) is 31.5 Å². The van der Waals surface area contributed by atoms with E-state index in [4.69, 9.17) is 31.5 Å². The lowest BCUT2D eigenvalue weighted by Gasteiger charge is -2.36. The molecule has 9 nitrogen and oxygen atoms in total. The number of carbonyl (C=O) groups excluding carboxylic acids is 1. The second-order valence-electron chi connectivity index (χ2n) is 8.14. The first-order valence-corrected chi connectivity index (χ1v) is 11.1. The number of esters is 1. The van der Waals surface area contributed by atoms with Gasteiger partial charge in [-0.2, -0.15) is 4.98 Å². The van der Waals surface area contributed by atoms with Crippen molar-refractivity contribution < 1.29 is 19.0 Å². The lowest BCUT2D eigenvalue weighted by atomic mass is 10.0. The molecule has 2 atom stereocenters. The number of nitrogens with one attached hydrogen (secondary N) is 1. The van der Waals surface area contributed by atoms with Gasteiger partial charge < -0.3 is 30.2 Å². The maximum atomic E-state index is 12.5. The molecule has 1 saturated heterocycles. The number of aryl methyl sites for hydroxylation is 1. The average Bonchev–Trinajstić information content (AvgIpc) is 2.99. The van der Waals surface area contributed by atoms with Crippen LogP contribution in [0.15, 0.2) is 18.2 Å². The molecule has 0 bridgehead atoms. The molecule has 0 aliphatic carbocycles. The summed E-state index contributed by atoms with van der Waals surface area (Å²) in [6, 6.07) is 5.37. The zero-order valence-electron chi connectivity index (χ0n) is 18.5. The predicted octanol–water partition coefficient (Wildman–Crippen LogP) is 3.11. The van der Waals surface area contributed by atoms with Gasteiger partial charge in [0.25, 0.3) is 0 Å². The quantitative estimate of drug-likeness (QED) is 0.663. The predicted molar refractivity (Wildman–Crippen MR) is 122 cm³/mol. The maximum Gasteiger partial charge on any atom is 0.352 e. The first-order chi connectivity index (χ1) is 15.3. The summed E-state index contributed by atoms with van der Waals surface area (Å²) in [6.45, 7) is 7.70. The second-order valence-corrected chi connectivity index (χ2v) is 8.55. The van der Waals surface area contributed by atoms with Crippen molar-refractivity contribution in [3.8, 4) is 5.75 Å².